The van der Waals surface area contributed by atoms with E-state index in [1.807, 2.05) is 30.3 Å². The molecule has 21 heavy (non-hydrogen) atoms. The SMILES string of the molecule is CCC(NC(C)c1ccc(Cl)c(Cl)c1)c1ccc(Cl)cc1. The minimum Gasteiger partial charge on any atom is -0.303 e. The van der Waals surface area contributed by atoms with Crippen molar-refractivity contribution in [2.45, 2.75) is 32.4 Å². The Labute approximate surface area is 141 Å². The molecule has 0 saturated carbocycles. The van der Waals surface area contributed by atoms with Gasteiger partial charge in [0.2, 0.25) is 0 Å². The monoisotopic (exact) mass is 341 g/mol. The molecule has 2 rings (SSSR count). The molecule has 0 bridgehead atoms. The summed E-state index contributed by atoms with van der Waals surface area (Å²) in [6.07, 6.45) is 0.993. The lowest BCUT2D eigenvalue weighted by atomic mass is 10.0. The lowest BCUT2D eigenvalue weighted by Crippen LogP contribution is -2.24. The van der Waals surface area contributed by atoms with Crippen LogP contribution in [0.5, 0.6) is 0 Å². The average Bonchev–Trinajstić information content (AvgIpc) is 2.48. The minimum absolute atomic E-state index is 0.181. The highest BCUT2D eigenvalue weighted by Crippen LogP contribution is 2.28. The summed E-state index contributed by atoms with van der Waals surface area (Å²) in [5, 5.41) is 5.54. The van der Waals surface area contributed by atoms with Gasteiger partial charge in [-0.25, -0.2) is 0 Å². The van der Waals surface area contributed by atoms with Crippen molar-refractivity contribution in [1.29, 1.82) is 0 Å². The Morgan fingerprint density at radius 2 is 1.52 bits per heavy atom. The van der Waals surface area contributed by atoms with Crippen molar-refractivity contribution in [2.24, 2.45) is 0 Å². The van der Waals surface area contributed by atoms with Gasteiger partial charge in [-0.1, -0.05) is 59.9 Å². The Bertz CT molecular complexity index is 595. The fraction of sp³-hybridized carbons (Fsp3) is 0.294. The molecule has 0 aliphatic heterocycles. The molecule has 0 aliphatic carbocycles. The lowest BCUT2D eigenvalue weighted by molar-refractivity contribution is 0.456. The first kappa shape index (κ1) is 16.6. The zero-order valence-electron chi connectivity index (χ0n) is 12.0. The molecule has 1 nitrogen and oxygen atoms in total. The van der Waals surface area contributed by atoms with Gasteiger partial charge < -0.3 is 5.32 Å². The summed E-state index contributed by atoms with van der Waals surface area (Å²) >= 11 is 18.0. The molecule has 0 aromatic heterocycles. The number of hydrogen-bond acceptors (Lipinski definition) is 1. The molecule has 4 heteroatoms. The Morgan fingerprint density at radius 1 is 0.905 bits per heavy atom. The van der Waals surface area contributed by atoms with Crippen LogP contribution in [-0.2, 0) is 0 Å². The van der Waals surface area contributed by atoms with Crippen LogP contribution in [0.25, 0.3) is 0 Å². The highest BCUT2D eigenvalue weighted by Gasteiger charge is 2.14. The standard InChI is InChI=1S/C17H18Cl3N/c1-3-17(12-4-7-14(18)8-5-12)21-11(2)13-6-9-15(19)16(20)10-13/h4-11,17,21H,3H2,1-2H3. The van der Waals surface area contributed by atoms with Crippen LogP contribution in [0.15, 0.2) is 42.5 Å². The molecule has 2 aromatic rings. The smallest absolute Gasteiger partial charge is 0.0595 e. The first-order chi connectivity index (χ1) is 10.0. The fourth-order valence-electron chi connectivity index (χ4n) is 2.32. The van der Waals surface area contributed by atoms with Crippen LogP contribution < -0.4 is 5.32 Å². The van der Waals surface area contributed by atoms with Gasteiger partial charge in [-0.05, 0) is 48.7 Å². The van der Waals surface area contributed by atoms with Crippen molar-refractivity contribution in [2.75, 3.05) is 0 Å². The average molecular weight is 343 g/mol. The molecule has 0 spiro atoms. The summed E-state index contributed by atoms with van der Waals surface area (Å²) in [6, 6.07) is 14.2. The second-order valence-electron chi connectivity index (χ2n) is 5.07. The summed E-state index contributed by atoms with van der Waals surface area (Å²) in [4.78, 5) is 0. The van der Waals surface area contributed by atoms with Crippen LogP contribution in [0.4, 0.5) is 0 Å². The van der Waals surface area contributed by atoms with E-state index in [-0.39, 0.29) is 12.1 Å². The van der Waals surface area contributed by atoms with Gasteiger partial charge in [0.1, 0.15) is 0 Å². The molecule has 0 amide bonds. The zero-order valence-corrected chi connectivity index (χ0v) is 14.3. The summed E-state index contributed by atoms with van der Waals surface area (Å²) in [6.45, 7) is 4.28. The molecule has 0 fully saturated rings. The van der Waals surface area contributed by atoms with Gasteiger partial charge >= 0.3 is 0 Å². The zero-order chi connectivity index (χ0) is 15.4. The molecule has 0 saturated heterocycles. The molecule has 2 aromatic carbocycles. The number of halogens is 3. The van der Waals surface area contributed by atoms with E-state index in [2.05, 4.69) is 31.3 Å². The van der Waals surface area contributed by atoms with E-state index < -0.39 is 0 Å². The van der Waals surface area contributed by atoms with E-state index in [1.54, 1.807) is 0 Å². The van der Waals surface area contributed by atoms with Gasteiger partial charge in [-0.2, -0.15) is 0 Å². The van der Waals surface area contributed by atoms with Gasteiger partial charge in [0.15, 0.2) is 0 Å². The number of rotatable bonds is 5. The second-order valence-corrected chi connectivity index (χ2v) is 6.33. The van der Waals surface area contributed by atoms with Crippen LogP contribution >= 0.6 is 34.8 Å². The third-order valence-electron chi connectivity index (χ3n) is 3.58. The molecule has 1 N–H and O–H groups in total. The Morgan fingerprint density at radius 3 is 2.10 bits per heavy atom. The molecule has 0 aliphatic rings. The van der Waals surface area contributed by atoms with Gasteiger partial charge in [0.25, 0.3) is 0 Å². The molecule has 2 unspecified atom stereocenters. The van der Waals surface area contributed by atoms with Gasteiger partial charge in [-0.15, -0.1) is 0 Å². The minimum atomic E-state index is 0.181. The predicted octanol–water partition coefficient (Wildman–Crippen LogP) is 6.45. The summed E-state index contributed by atoms with van der Waals surface area (Å²) in [7, 11) is 0. The number of hydrogen-bond donors (Lipinski definition) is 1. The third kappa shape index (κ3) is 4.37. The Hall–Kier alpha value is -0.730. The molecular formula is C17H18Cl3N. The van der Waals surface area contributed by atoms with Gasteiger partial charge in [0, 0.05) is 17.1 Å². The first-order valence-corrected chi connectivity index (χ1v) is 8.11. The normalized spacial score (nSPS) is 14.0. The van der Waals surface area contributed by atoms with E-state index in [9.17, 15) is 0 Å². The molecule has 2 atom stereocenters. The fourth-order valence-corrected chi connectivity index (χ4v) is 2.76. The molecule has 0 radical (unpaired) electrons. The maximum atomic E-state index is 6.09. The topological polar surface area (TPSA) is 12.0 Å². The van der Waals surface area contributed by atoms with Crippen LogP contribution in [0, 0.1) is 0 Å². The van der Waals surface area contributed by atoms with Crippen LogP contribution in [0.3, 0.4) is 0 Å². The number of benzene rings is 2. The Kier molecular flexibility index (Phi) is 5.95. The van der Waals surface area contributed by atoms with Crippen molar-refractivity contribution in [3.63, 3.8) is 0 Å². The molecule has 0 heterocycles. The van der Waals surface area contributed by atoms with Crippen molar-refractivity contribution in [3.05, 3.63) is 68.7 Å². The maximum absolute atomic E-state index is 6.09. The molecule has 112 valence electrons. The van der Waals surface area contributed by atoms with E-state index in [0.717, 1.165) is 17.0 Å². The van der Waals surface area contributed by atoms with Gasteiger partial charge in [0.05, 0.1) is 10.0 Å². The van der Waals surface area contributed by atoms with Gasteiger partial charge in [-0.3, -0.25) is 0 Å². The van der Waals surface area contributed by atoms with E-state index in [1.165, 1.54) is 5.56 Å². The Balaban J connectivity index is 2.13. The third-order valence-corrected chi connectivity index (χ3v) is 4.57. The summed E-state index contributed by atoms with van der Waals surface area (Å²) in [5.74, 6) is 0. The van der Waals surface area contributed by atoms with E-state index >= 15 is 0 Å². The van der Waals surface area contributed by atoms with Crippen molar-refractivity contribution in [3.8, 4) is 0 Å². The molecular weight excluding hydrogens is 325 g/mol. The van der Waals surface area contributed by atoms with E-state index in [0.29, 0.717) is 10.0 Å². The van der Waals surface area contributed by atoms with E-state index in [4.69, 9.17) is 34.8 Å². The predicted molar refractivity (Wildman–Crippen MR) is 92.5 cm³/mol. The largest absolute Gasteiger partial charge is 0.303 e. The van der Waals surface area contributed by atoms with Crippen molar-refractivity contribution in [1.82, 2.24) is 5.32 Å². The lowest BCUT2D eigenvalue weighted by Gasteiger charge is -2.23. The maximum Gasteiger partial charge on any atom is 0.0595 e. The summed E-state index contributed by atoms with van der Waals surface area (Å²) < 4.78 is 0. The highest BCUT2D eigenvalue weighted by molar-refractivity contribution is 6.42. The number of nitrogens with one attached hydrogen (secondary N) is 1. The van der Waals surface area contributed by atoms with Crippen LogP contribution in [-0.4, -0.2) is 0 Å². The second kappa shape index (κ2) is 7.51. The van der Waals surface area contributed by atoms with Crippen molar-refractivity contribution < 1.29 is 0 Å². The van der Waals surface area contributed by atoms with Crippen molar-refractivity contribution >= 4 is 34.8 Å². The summed E-state index contributed by atoms with van der Waals surface area (Å²) in [5.41, 5.74) is 2.35. The quantitative estimate of drug-likeness (QED) is 0.658. The highest BCUT2D eigenvalue weighted by atomic mass is 35.5. The van der Waals surface area contributed by atoms with Crippen LogP contribution in [0.2, 0.25) is 15.1 Å². The first-order valence-electron chi connectivity index (χ1n) is 6.97. The van der Waals surface area contributed by atoms with Crippen LogP contribution in [0.1, 0.15) is 43.5 Å².